The summed E-state index contributed by atoms with van der Waals surface area (Å²) in [4.78, 5) is 27.8. The number of benzene rings is 2. The van der Waals surface area contributed by atoms with E-state index in [9.17, 15) is 9.59 Å². The molecule has 3 rings (SSSR count). The second-order valence-electron chi connectivity index (χ2n) is 6.71. The van der Waals surface area contributed by atoms with Crippen LogP contribution in [0.4, 0.5) is 0 Å². The summed E-state index contributed by atoms with van der Waals surface area (Å²) in [6.07, 6.45) is 3.09. The third kappa shape index (κ3) is 4.30. The van der Waals surface area contributed by atoms with Crippen LogP contribution in [0.15, 0.2) is 48.5 Å². The van der Waals surface area contributed by atoms with Crippen LogP contribution >= 0.6 is 0 Å². The molecule has 0 unspecified atom stereocenters. The van der Waals surface area contributed by atoms with Crippen LogP contribution in [0.3, 0.4) is 0 Å². The monoisotopic (exact) mass is 367 g/mol. The maximum absolute atomic E-state index is 13.0. The summed E-state index contributed by atoms with van der Waals surface area (Å²) in [5, 5.41) is 0. The zero-order valence-electron chi connectivity index (χ0n) is 15.8. The highest BCUT2D eigenvalue weighted by Gasteiger charge is 2.30. The summed E-state index contributed by atoms with van der Waals surface area (Å²) in [5.74, 6) is 1.09. The molecule has 142 valence electrons. The number of piperidine rings is 1. The van der Waals surface area contributed by atoms with Gasteiger partial charge in [0.1, 0.15) is 11.5 Å². The second-order valence-corrected chi connectivity index (χ2v) is 6.71. The second kappa shape index (κ2) is 8.71. The van der Waals surface area contributed by atoms with Crippen LogP contribution in [0.5, 0.6) is 11.5 Å². The van der Waals surface area contributed by atoms with Gasteiger partial charge in [-0.3, -0.25) is 9.59 Å². The fourth-order valence-corrected chi connectivity index (χ4v) is 3.58. The summed E-state index contributed by atoms with van der Waals surface area (Å²) in [7, 11) is 3.11. The Kier molecular flexibility index (Phi) is 6.12. The molecule has 27 heavy (non-hydrogen) atoms. The van der Waals surface area contributed by atoms with Crippen LogP contribution in [0.2, 0.25) is 0 Å². The first kappa shape index (κ1) is 19.0. The largest absolute Gasteiger partial charge is 0.497 e. The van der Waals surface area contributed by atoms with Gasteiger partial charge in [-0.25, -0.2) is 0 Å². The average molecular weight is 367 g/mol. The van der Waals surface area contributed by atoms with Gasteiger partial charge in [0, 0.05) is 24.6 Å². The molecule has 0 radical (unpaired) electrons. The molecule has 1 amide bonds. The minimum Gasteiger partial charge on any atom is -0.497 e. The molecule has 0 N–H and O–H groups in total. The molecule has 0 spiro atoms. The number of carbonyl (C=O) groups is 2. The van der Waals surface area contributed by atoms with Crippen molar-refractivity contribution < 1.29 is 19.1 Å². The first-order chi connectivity index (χ1) is 13.1. The third-order valence-corrected chi connectivity index (χ3v) is 5.04. The van der Waals surface area contributed by atoms with Gasteiger partial charge in [0.2, 0.25) is 0 Å². The number of ether oxygens (including phenoxy) is 2. The Morgan fingerprint density at radius 3 is 2.52 bits per heavy atom. The maximum Gasteiger partial charge on any atom is 0.254 e. The standard InChI is InChI=1S/C22H25NO4/c1-26-18-11-12-21(27-2)19(15-18)20(24)14-17-10-6-7-13-23(17)22(25)16-8-4-3-5-9-16/h3-5,8-9,11-12,15,17H,6-7,10,13-14H2,1-2H3/t17-/m1/s1. The first-order valence-corrected chi connectivity index (χ1v) is 9.25. The molecule has 5 heteroatoms. The van der Waals surface area contributed by atoms with Crippen molar-refractivity contribution in [3.05, 3.63) is 59.7 Å². The Bertz CT molecular complexity index is 803. The minimum absolute atomic E-state index is 0.00860. The van der Waals surface area contributed by atoms with E-state index in [1.54, 1.807) is 32.4 Å². The fraction of sp³-hybridized carbons (Fsp3) is 0.364. The van der Waals surface area contributed by atoms with E-state index in [0.717, 1.165) is 19.3 Å². The Morgan fingerprint density at radius 2 is 1.81 bits per heavy atom. The molecule has 1 aliphatic rings. The molecule has 2 aromatic carbocycles. The Labute approximate surface area is 159 Å². The molecule has 0 aromatic heterocycles. The summed E-state index contributed by atoms with van der Waals surface area (Å²) >= 11 is 0. The topological polar surface area (TPSA) is 55.8 Å². The van der Waals surface area contributed by atoms with Gasteiger partial charge in [0.05, 0.1) is 19.8 Å². The predicted octanol–water partition coefficient (Wildman–Crippen LogP) is 3.97. The molecule has 1 heterocycles. The SMILES string of the molecule is COc1ccc(OC)c(C(=O)C[C@H]2CCCCN2C(=O)c2ccccc2)c1. The summed E-state index contributed by atoms with van der Waals surface area (Å²) in [5.41, 5.74) is 1.16. The first-order valence-electron chi connectivity index (χ1n) is 9.25. The van der Waals surface area contributed by atoms with E-state index in [2.05, 4.69) is 0 Å². The summed E-state index contributed by atoms with van der Waals surface area (Å²) in [6.45, 7) is 0.681. The normalized spacial score (nSPS) is 16.7. The zero-order chi connectivity index (χ0) is 19.2. The van der Waals surface area contributed by atoms with Gasteiger partial charge in [-0.15, -0.1) is 0 Å². The lowest BCUT2D eigenvalue weighted by molar-refractivity contribution is 0.0588. The average Bonchev–Trinajstić information content (AvgIpc) is 2.73. The van der Waals surface area contributed by atoms with Crippen molar-refractivity contribution in [1.82, 2.24) is 4.90 Å². The summed E-state index contributed by atoms with van der Waals surface area (Å²) in [6, 6.07) is 14.4. The molecule has 1 aliphatic heterocycles. The zero-order valence-corrected chi connectivity index (χ0v) is 15.8. The van der Waals surface area contributed by atoms with Gasteiger partial charge < -0.3 is 14.4 Å². The van der Waals surface area contributed by atoms with Crippen molar-refractivity contribution >= 4 is 11.7 Å². The lowest BCUT2D eigenvalue weighted by Crippen LogP contribution is -2.44. The number of methoxy groups -OCH3 is 2. The maximum atomic E-state index is 13.0. The van der Waals surface area contributed by atoms with E-state index in [1.165, 1.54) is 0 Å². The fourth-order valence-electron chi connectivity index (χ4n) is 3.58. The minimum atomic E-state index is -0.102. The molecule has 5 nitrogen and oxygen atoms in total. The van der Waals surface area contributed by atoms with Crippen LogP contribution < -0.4 is 9.47 Å². The van der Waals surface area contributed by atoms with Crippen LogP contribution in [0.1, 0.15) is 46.4 Å². The van der Waals surface area contributed by atoms with Gasteiger partial charge in [0.25, 0.3) is 5.91 Å². The molecular formula is C22H25NO4. The van der Waals surface area contributed by atoms with Crippen molar-refractivity contribution in [2.75, 3.05) is 20.8 Å². The lowest BCUT2D eigenvalue weighted by Gasteiger charge is -2.35. The van der Waals surface area contributed by atoms with Gasteiger partial charge >= 0.3 is 0 Å². The summed E-state index contributed by atoms with van der Waals surface area (Å²) < 4.78 is 10.6. The Balaban J connectivity index is 1.80. The molecule has 1 saturated heterocycles. The molecule has 1 fully saturated rings. The predicted molar refractivity (Wildman–Crippen MR) is 104 cm³/mol. The van der Waals surface area contributed by atoms with E-state index in [1.807, 2.05) is 35.2 Å². The number of amides is 1. The van der Waals surface area contributed by atoms with Gasteiger partial charge in [-0.1, -0.05) is 18.2 Å². The number of nitrogens with zero attached hydrogens (tertiary/aromatic N) is 1. The van der Waals surface area contributed by atoms with Gasteiger partial charge in [-0.2, -0.15) is 0 Å². The highest BCUT2D eigenvalue weighted by Crippen LogP contribution is 2.28. The number of ketones is 1. The van der Waals surface area contributed by atoms with Gasteiger partial charge in [0.15, 0.2) is 5.78 Å². The van der Waals surface area contributed by atoms with Crippen molar-refractivity contribution in [3.8, 4) is 11.5 Å². The lowest BCUT2D eigenvalue weighted by atomic mass is 9.94. The molecule has 2 aromatic rings. The van der Waals surface area contributed by atoms with E-state index in [-0.39, 0.29) is 24.2 Å². The smallest absolute Gasteiger partial charge is 0.254 e. The van der Waals surface area contributed by atoms with Crippen LogP contribution in [-0.2, 0) is 0 Å². The highest BCUT2D eigenvalue weighted by atomic mass is 16.5. The van der Waals surface area contributed by atoms with Crippen molar-refractivity contribution in [2.45, 2.75) is 31.7 Å². The van der Waals surface area contributed by atoms with Crippen LogP contribution in [0.25, 0.3) is 0 Å². The van der Waals surface area contributed by atoms with E-state index in [4.69, 9.17) is 9.47 Å². The number of Topliss-reactive ketones (excluding diaryl/α,β-unsaturated/α-hetero) is 1. The molecule has 1 atom stereocenters. The number of likely N-dealkylation sites (tertiary alicyclic amines) is 1. The van der Waals surface area contributed by atoms with Crippen molar-refractivity contribution in [1.29, 1.82) is 0 Å². The number of hydrogen-bond acceptors (Lipinski definition) is 4. The van der Waals surface area contributed by atoms with E-state index in [0.29, 0.717) is 29.2 Å². The number of carbonyl (C=O) groups excluding carboxylic acids is 2. The van der Waals surface area contributed by atoms with Gasteiger partial charge in [-0.05, 0) is 49.6 Å². The number of hydrogen-bond donors (Lipinski definition) is 0. The number of rotatable bonds is 6. The van der Waals surface area contributed by atoms with E-state index < -0.39 is 0 Å². The Morgan fingerprint density at radius 1 is 1.04 bits per heavy atom. The van der Waals surface area contributed by atoms with E-state index >= 15 is 0 Å². The van der Waals surface area contributed by atoms with Crippen LogP contribution in [-0.4, -0.2) is 43.4 Å². The van der Waals surface area contributed by atoms with Crippen LogP contribution in [0, 0.1) is 0 Å². The van der Waals surface area contributed by atoms with Crippen molar-refractivity contribution in [3.63, 3.8) is 0 Å². The third-order valence-electron chi connectivity index (χ3n) is 5.04. The molecule has 0 bridgehead atoms. The molecule has 0 aliphatic carbocycles. The molecular weight excluding hydrogens is 342 g/mol. The highest BCUT2D eigenvalue weighted by molar-refractivity contribution is 6.00. The molecule has 0 saturated carbocycles. The quantitative estimate of drug-likeness (QED) is 0.725. The van der Waals surface area contributed by atoms with Crippen molar-refractivity contribution in [2.24, 2.45) is 0 Å². The Hall–Kier alpha value is -2.82.